The molecule has 0 spiro atoms. The van der Waals surface area contributed by atoms with Crippen LogP contribution in [0.25, 0.3) is 6.08 Å². The van der Waals surface area contributed by atoms with Gasteiger partial charge in [0.25, 0.3) is 0 Å². The fraction of sp³-hybridized carbons (Fsp3) is 0.0870. The second-order valence-electron chi connectivity index (χ2n) is 6.14. The minimum atomic E-state index is -0.784. The maximum absolute atomic E-state index is 13.8. The zero-order valence-electron chi connectivity index (χ0n) is 15.5. The highest BCUT2D eigenvalue weighted by molar-refractivity contribution is 6.30. The van der Waals surface area contributed by atoms with Crippen LogP contribution in [0.5, 0.6) is 11.5 Å². The van der Waals surface area contributed by atoms with Gasteiger partial charge in [0.2, 0.25) is 0 Å². The van der Waals surface area contributed by atoms with Crippen LogP contribution in [0, 0.1) is 11.6 Å². The first-order valence-corrected chi connectivity index (χ1v) is 9.07. The molecule has 0 atom stereocenters. The van der Waals surface area contributed by atoms with Crippen molar-refractivity contribution in [1.29, 1.82) is 0 Å². The summed E-state index contributed by atoms with van der Waals surface area (Å²) in [7, 11) is 1.51. The summed E-state index contributed by atoms with van der Waals surface area (Å²) in [6, 6.07) is 15.0. The van der Waals surface area contributed by atoms with Gasteiger partial charge in [0.1, 0.15) is 18.2 Å². The van der Waals surface area contributed by atoms with Crippen molar-refractivity contribution in [3.63, 3.8) is 0 Å². The van der Waals surface area contributed by atoms with E-state index in [0.29, 0.717) is 21.9 Å². The predicted molar refractivity (Wildman–Crippen MR) is 109 cm³/mol. The van der Waals surface area contributed by atoms with Gasteiger partial charge in [-0.3, -0.25) is 4.79 Å². The lowest BCUT2D eigenvalue weighted by molar-refractivity contribution is 0.104. The quantitative estimate of drug-likeness (QED) is 0.346. The zero-order chi connectivity index (χ0) is 20.8. The van der Waals surface area contributed by atoms with Gasteiger partial charge in [-0.25, -0.2) is 8.78 Å². The summed E-state index contributed by atoms with van der Waals surface area (Å²) in [5.41, 5.74) is 1.91. The molecule has 0 aliphatic rings. The Morgan fingerprint density at radius 3 is 2.41 bits per heavy atom. The topological polar surface area (TPSA) is 35.5 Å². The van der Waals surface area contributed by atoms with Gasteiger partial charge in [0.15, 0.2) is 17.3 Å². The van der Waals surface area contributed by atoms with Gasteiger partial charge in [-0.05, 0) is 60.2 Å². The summed E-state index contributed by atoms with van der Waals surface area (Å²) in [4.78, 5) is 12.3. The van der Waals surface area contributed by atoms with E-state index in [0.717, 1.165) is 17.7 Å². The molecule has 0 radical (unpaired) electrons. The Hall–Kier alpha value is -3.18. The SMILES string of the molecule is COc1ccc(/C=C/C(=O)c2ccc(Cl)cc2)cc1COc1ccc(F)cc1F. The molecule has 3 rings (SSSR count). The highest BCUT2D eigenvalue weighted by Gasteiger charge is 2.09. The van der Waals surface area contributed by atoms with Crippen LogP contribution in [0.1, 0.15) is 21.5 Å². The first-order valence-electron chi connectivity index (χ1n) is 8.69. The lowest BCUT2D eigenvalue weighted by Gasteiger charge is -2.12. The molecule has 0 bridgehead atoms. The number of allylic oxidation sites excluding steroid dienone is 1. The van der Waals surface area contributed by atoms with E-state index in [-0.39, 0.29) is 18.1 Å². The third kappa shape index (κ3) is 5.42. The number of ether oxygens (including phenoxy) is 2. The Morgan fingerprint density at radius 1 is 1.00 bits per heavy atom. The standard InChI is InChI=1S/C23H17ClF2O3/c1-28-22-10-3-15(2-9-21(27)16-4-6-18(24)7-5-16)12-17(22)14-29-23-11-8-19(25)13-20(23)26/h2-13H,14H2,1H3/b9-2+. The number of benzene rings is 3. The molecule has 3 aromatic carbocycles. The summed E-state index contributed by atoms with van der Waals surface area (Å²) in [5, 5.41) is 0.558. The van der Waals surface area contributed by atoms with Crippen molar-refractivity contribution in [3.8, 4) is 11.5 Å². The molecule has 0 aromatic heterocycles. The Kier molecular flexibility index (Phi) is 6.62. The molecule has 0 heterocycles. The number of rotatable bonds is 7. The fourth-order valence-corrected chi connectivity index (χ4v) is 2.77. The molecule has 3 nitrogen and oxygen atoms in total. The van der Waals surface area contributed by atoms with Crippen molar-refractivity contribution >= 4 is 23.5 Å². The van der Waals surface area contributed by atoms with Gasteiger partial charge in [0, 0.05) is 22.2 Å². The summed E-state index contributed by atoms with van der Waals surface area (Å²) in [6.07, 6.45) is 3.12. The zero-order valence-corrected chi connectivity index (χ0v) is 16.2. The maximum atomic E-state index is 13.8. The van der Waals surface area contributed by atoms with Crippen molar-refractivity contribution in [3.05, 3.63) is 100 Å². The Bertz CT molecular complexity index is 1050. The third-order valence-corrected chi connectivity index (χ3v) is 4.39. The molecule has 148 valence electrons. The van der Waals surface area contributed by atoms with E-state index in [2.05, 4.69) is 0 Å². The van der Waals surface area contributed by atoms with Crippen LogP contribution in [0.3, 0.4) is 0 Å². The lowest BCUT2D eigenvalue weighted by Crippen LogP contribution is -2.01. The number of ketones is 1. The molecule has 0 unspecified atom stereocenters. The number of carbonyl (C=O) groups excluding carboxylic acids is 1. The van der Waals surface area contributed by atoms with E-state index in [1.165, 1.54) is 19.3 Å². The Labute approximate surface area is 172 Å². The molecule has 0 saturated carbocycles. The highest BCUT2D eigenvalue weighted by Crippen LogP contribution is 2.24. The number of hydrogen-bond donors (Lipinski definition) is 0. The van der Waals surface area contributed by atoms with Crippen molar-refractivity contribution < 1.29 is 23.0 Å². The van der Waals surface area contributed by atoms with E-state index in [1.54, 1.807) is 48.5 Å². The van der Waals surface area contributed by atoms with Crippen LogP contribution in [0.4, 0.5) is 8.78 Å². The van der Waals surface area contributed by atoms with Gasteiger partial charge < -0.3 is 9.47 Å². The van der Waals surface area contributed by atoms with Crippen LogP contribution in [0.2, 0.25) is 5.02 Å². The molecule has 0 saturated heterocycles. The Balaban J connectivity index is 1.75. The van der Waals surface area contributed by atoms with Gasteiger partial charge in [-0.2, -0.15) is 0 Å². The molecule has 29 heavy (non-hydrogen) atoms. The second-order valence-corrected chi connectivity index (χ2v) is 6.58. The van der Waals surface area contributed by atoms with Crippen molar-refractivity contribution in [2.75, 3.05) is 7.11 Å². The van der Waals surface area contributed by atoms with E-state index in [4.69, 9.17) is 21.1 Å². The number of halogens is 3. The average Bonchev–Trinajstić information content (AvgIpc) is 2.72. The fourth-order valence-electron chi connectivity index (χ4n) is 2.65. The van der Waals surface area contributed by atoms with Crippen LogP contribution in [-0.2, 0) is 6.61 Å². The smallest absolute Gasteiger partial charge is 0.185 e. The van der Waals surface area contributed by atoms with Gasteiger partial charge >= 0.3 is 0 Å². The van der Waals surface area contributed by atoms with Crippen molar-refractivity contribution in [2.24, 2.45) is 0 Å². The minimum Gasteiger partial charge on any atom is -0.496 e. The molecular formula is C23H17ClF2O3. The number of methoxy groups -OCH3 is 1. The Morgan fingerprint density at radius 2 is 1.72 bits per heavy atom. The first kappa shape index (κ1) is 20.6. The summed E-state index contributed by atoms with van der Waals surface area (Å²) in [6.45, 7) is 0.0124. The first-order chi connectivity index (χ1) is 14.0. The number of carbonyl (C=O) groups is 1. The average molecular weight is 415 g/mol. The van der Waals surface area contributed by atoms with Crippen LogP contribution in [0.15, 0.2) is 66.7 Å². The molecule has 0 aliphatic carbocycles. The van der Waals surface area contributed by atoms with Crippen LogP contribution in [-0.4, -0.2) is 12.9 Å². The summed E-state index contributed by atoms with van der Waals surface area (Å²) >= 11 is 5.83. The van der Waals surface area contributed by atoms with E-state index < -0.39 is 11.6 Å². The highest BCUT2D eigenvalue weighted by atomic mass is 35.5. The molecular weight excluding hydrogens is 398 g/mol. The lowest BCUT2D eigenvalue weighted by atomic mass is 10.1. The van der Waals surface area contributed by atoms with Gasteiger partial charge in [-0.1, -0.05) is 23.7 Å². The second kappa shape index (κ2) is 9.34. The summed E-state index contributed by atoms with van der Waals surface area (Å²) in [5.74, 6) is -1.14. The molecule has 0 N–H and O–H groups in total. The maximum Gasteiger partial charge on any atom is 0.185 e. The van der Waals surface area contributed by atoms with Crippen LogP contribution >= 0.6 is 11.6 Å². The molecule has 0 amide bonds. The minimum absolute atomic E-state index is 0.0124. The van der Waals surface area contributed by atoms with Gasteiger partial charge in [0.05, 0.1) is 7.11 Å². The predicted octanol–water partition coefficient (Wildman–Crippen LogP) is 6.10. The van der Waals surface area contributed by atoms with Crippen molar-refractivity contribution in [1.82, 2.24) is 0 Å². The summed E-state index contributed by atoms with van der Waals surface area (Å²) < 4.78 is 37.5. The largest absolute Gasteiger partial charge is 0.496 e. The molecule has 0 fully saturated rings. The molecule has 0 aliphatic heterocycles. The van der Waals surface area contributed by atoms with Gasteiger partial charge in [-0.15, -0.1) is 0 Å². The van der Waals surface area contributed by atoms with Crippen LogP contribution < -0.4 is 9.47 Å². The molecule has 6 heteroatoms. The number of hydrogen-bond acceptors (Lipinski definition) is 3. The van der Waals surface area contributed by atoms with E-state index in [1.807, 2.05) is 0 Å². The van der Waals surface area contributed by atoms with Crippen molar-refractivity contribution in [2.45, 2.75) is 6.61 Å². The van der Waals surface area contributed by atoms with E-state index >= 15 is 0 Å². The normalized spacial score (nSPS) is 10.9. The molecule has 3 aromatic rings. The monoisotopic (exact) mass is 414 g/mol. The third-order valence-electron chi connectivity index (χ3n) is 4.14. The van der Waals surface area contributed by atoms with E-state index in [9.17, 15) is 13.6 Å².